The number of imidazole rings is 1. The fourth-order valence-corrected chi connectivity index (χ4v) is 2.73. The molecule has 0 radical (unpaired) electrons. The van der Waals surface area contributed by atoms with Crippen molar-refractivity contribution in [3.63, 3.8) is 0 Å². The number of hydrogen-bond acceptors (Lipinski definition) is 2. The van der Waals surface area contributed by atoms with E-state index < -0.39 is 5.82 Å². The van der Waals surface area contributed by atoms with Crippen LogP contribution < -0.4 is 5.73 Å². The third kappa shape index (κ3) is 2.20. The smallest absolute Gasteiger partial charge is 0.158 e. The molecule has 0 unspecified atom stereocenters. The van der Waals surface area contributed by atoms with Crippen LogP contribution in [-0.4, -0.2) is 9.38 Å². The first kappa shape index (κ1) is 13.5. The number of fused-ring (bicyclic) bond motifs is 1. The van der Waals surface area contributed by atoms with Gasteiger partial charge in [0.15, 0.2) is 5.65 Å². The first-order valence-corrected chi connectivity index (χ1v) is 6.68. The number of nitrogens with two attached hydrogens (primary N) is 1. The molecule has 0 fully saturated rings. The van der Waals surface area contributed by atoms with Crippen LogP contribution in [0.1, 0.15) is 0 Å². The van der Waals surface area contributed by atoms with Crippen LogP contribution in [0.25, 0.3) is 16.9 Å². The highest BCUT2D eigenvalue weighted by atomic mass is 35.5. The molecular weight excluding hydrogens is 324 g/mol. The average Bonchev–Trinajstić information content (AvgIpc) is 2.66. The molecule has 0 saturated carbocycles. The summed E-state index contributed by atoms with van der Waals surface area (Å²) in [6.45, 7) is 0. The number of nitrogen functional groups attached to an aromatic ring is 1. The van der Waals surface area contributed by atoms with Crippen LogP contribution in [0.3, 0.4) is 0 Å². The Morgan fingerprint density at radius 1 is 1.05 bits per heavy atom. The average molecular weight is 331 g/mol. The van der Waals surface area contributed by atoms with Crippen molar-refractivity contribution in [3.05, 3.63) is 51.3 Å². The van der Waals surface area contributed by atoms with E-state index in [9.17, 15) is 4.39 Å². The predicted molar refractivity (Wildman–Crippen MR) is 80.0 cm³/mol. The molecule has 1 aromatic carbocycles. The van der Waals surface area contributed by atoms with Crippen molar-refractivity contribution in [2.45, 2.75) is 0 Å². The third-order valence-electron chi connectivity index (χ3n) is 2.81. The standard InChI is InChI=1S/C13H7Cl3FN3/c14-7-1-6(2-9(17)3-7)11-12(18)20-5-8(15)4-10(16)13(20)19-11/h1-5H,18H2. The van der Waals surface area contributed by atoms with Crippen molar-refractivity contribution in [1.29, 1.82) is 0 Å². The molecule has 102 valence electrons. The van der Waals surface area contributed by atoms with Crippen LogP contribution in [0.4, 0.5) is 10.2 Å². The molecule has 0 saturated heterocycles. The van der Waals surface area contributed by atoms with Gasteiger partial charge >= 0.3 is 0 Å². The van der Waals surface area contributed by atoms with Gasteiger partial charge in [-0.05, 0) is 24.3 Å². The van der Waals surface area contributed by atoms with E-state index in [0.29, 0.717) is 32.8 Å². The molecule has 3 nitrogen and oxygen atoms in total. The van der Waals surface area contributed by atoms with E-state index in [0.717, 1.165) is 0 Å². The molecule has 0 aliphatic heterocycles. The Hall–Kier alpha value is -1.49. The third-order valence-corrected chi connectivity index (χ3v) is 3.52. The lowest BCUT2D eigenvalue weighted by molar-refractivity contribution is 0.628. The Bertz CT molecular complexity index is 809. The number of pyridine rings is 1. The van der Waals surface area contributed by atoms with Crippen molar-refractivity contribution in [1.82, 2.24) is 9.38 Å². The van der Waals surface area contributed by atoms with Gasteiger partial charge in [0.2, 0.25) is 0 Å². The summed E-state index contributed by atoms with van der Waals surface area (Å²) in [5, 5.41) is 1.05. The zero-order chi connectivity index (χ0) is 14.4. The fraction of sp³-hybridized carbons (Fsp3) is 0. The largest absolute Gasteiger partial charge is 0.383 e. The SMILES string of the molecule is Nc1c(-c2cc(F)cc(Cl)c2)nc2c(Cl)cc(Cl)cn12. The minimum absolute atomic E-state index is 0.264. The number of aromatic nitrogens is 2. The van der Waals surface area contributed by atoms with Gasteiger partial charge < -0.3 is 5.73 Å². The zero-order valence-corrected chi connectivity index (χ0v) is 12.1. The van der Waals surface area contributed by atoms with Gasteiger partial charge in [0.25, 0.3) is 0 Å². The molecule has 20 heavy (non-hydrogen) atoms. The monoisotopic (exact) mass is 329 g/mol. The molecule has 7 heteroatoms. The van der Waals surface area contributed by atoms with Crippen molar-refractivity contribution >= 4 is 46.3 Å². The summed E-state index contributed by atoms with van der Waals surface area (Å²) < 4.78 is 15.0. The van der Waals surface area contributed by atoms with Crippen LogP contribution in [0.15, 0.2) is 30.5 Å². The maximum absolute atomic E-state index is 13.4. The summed E-state index contributed by atoms with van der Waals surface area (Å²) in [5.74, 6) is -0.154. The summed E-state index contributed by atoms with van der Waals surface area (Å²) in [7, 11) is 0. The Kier molecular flexibility index (Phi) is 3.24. The lowest BCUT2D eigenvalue weighted by Crippen LogP contribution is -1.94. The van der Waals surface area contributed by atoms with E-state index in [1.165, 1.54) is 12.1 Å². The fourth-order valence-electron chi connectivity index (χ4n) is 1.99. The number of halogens is 4. The molecule has 2 heterocycles. The predicted octanol–water partition coefficient (Wildman–Crippen LogP) is 4.68. The second kappa shape index (κ2) is 4.81. The number of benzene rings is 1. The molecule has 3 aromatic rings. The summed E-state index contributed by atoms with van der Waals surface area (Å²) in [4.78, 5) is 4.33. The Morgan fingerprint density at radius 3 is 2.50 bits per heavy atom. The van der Waals surface area contributed by atoms with Gasteiger partial charge in [-0.15, -0.1) is 0 Å². The lowest BCUT2D eigenvalue weighted by Gasteiger charge is -2.01. The number of nitrogens with zero attached hydrogens (tertiary/aromatic N) is 2. The van der Waals surface area contributed by atoms with Crippen molar-refractivity contribution in [2.75, 3.05) is 5.73 Å². The molecule has 0 amide bonds. The van der Waals surface area contributed by atoms with E-state index in [4.69, 9.17) is 40.5 Å². The van der Waals surface area contributed by atoms with Crippen molar-refractivity contribution < 1.29 is 4.39 Å². The molecule has 2 aromatic heterocycles. The van der Waals surface area contributed by atoms with E-state index in [2.05, 4.69) is 4.98 Å². The van der Waals surface area contributed by atoms with Crippen LogP contribution in [0.5, 0.6) is 0 Å². The van der Waals surface area contributed by atoms with Crippen molar-refractivity contribution in [2.24, 2.45) is 0 Å². The van der Waals surface area contributed by atoms with Gasteiger partial charge in [0, 0.05) is 16.8 Å². The zero-order valence-electron chi connectivity index (χ0n) is 9.87. The summed E-state index contributed by atoms with van der Waals surface area (Å²) in [6.07, 6.45) is 1.59. The minimum atomic E-state index is -0.465. The number of hydrogen-bond donors (Lipinski definition) is 1. The summed E-state index contributed by atoms with van der Waals surface area (Å²) in [5.41, 5.74) is 7.35. The van der Waals surface area contributed by atoms with E-state index >= 15 is 0 Å². The van der Waals surface area contributed by atoms with E-state index in [-0.39, 0.29) is 5.02 Å². The lowest BCUT2D eigenvalue weighted by atomic mass is 10.1. The Balaban J connectivity index is 2.32. The van der Waals surface area contributed by atoms with Gasteiger partial charge in [-0.2, -0.15) is 0 Å². The molecule has 0 aliphatic rings. The highest BCUT2D eigenvalue weighted by molar-refractivity contribution is 6.36. The van der Waals surface area contributed by atoms with Crippen molar-refractivity contribution in [3.8, 4) is 11.3 Å². The van der Waals surface area contributed by atoms with Crippen LogP contribution in [0, 0.1) is 5.82 Å². The van der Waals surface area contributed by atoms with Gasteiger partial charge in [0.05, 0.1) is 10.0 Å². The first-order chi connectivity index (χ1) is 9.45. The van der Waals surface area contributed by atoms with E-state index in [1.54, 1.807) is 22.7 Å². The van der Waals surface area contributed by atoms with E-state index in [1.807, 2.05) is 0 Å². The quantitative estimate of drug-likeness (QED) is 0.704. The van der Waals surface area contributed by atoms with Crippen LogP contribution >= 0.6 is 34.8 Å². The molecule has 2 N–H and O–H groups in total. The van der Waals surface area contributed by atoms with Gasteiger partial charge in [0.1, 0.15) is 17.3 Å². The molecule has 0 spiro atoms. The molecular formula is C13H7Cl3FN3. The summed E-state index contributed by atoms with van der Waals surface area (Å²) >= 11 is 17.9. The Labute approximate surface area is 128 Å². The topological polar surface area (TPSA) is 43.3 Å². The Morgan fingerprint density at radius 2 is 1.80 bits per heavy atom. The number of rotatable bonds is 1. The molecule has 0 atom stereocenters. The highest BCUT2D eigenvalue weighted by Crippen LogP contribution is 2.32. The second-order valence-corrected chi connectivity index (χ2v) is 5.48. The van der Waals surface area contributed by atoms with Gasteiger partial charge in [-0.25, -0.2) is 9.37 Å². The van der Waals surface area contributed by atoms with Crippen LogP contribution in [0.2, 0.25) is 15.1 Å². The minimum Gasteiger partial charge on any atom is -0.383 e. The maximum atomic E-state index is 13.4. The molecule has 0 aliphatic carbocycles. The number of anilines is 1. The molecule has 0 bridgehead atoms. The highest BCUT2D eigenvalue weighted by Gasteiger charge is 2.15. The molecule has 3 rings (SSSR count). The van der Waals surface area contributed by atoms with Gasteiger partial charge in [-0.3, -0.25) is 4.40 Å². The van der Waals surface area contributed by atoms with Gasteiger partial charge in [-0.1, -0.05) is 34.8 Å². The van der Waals surface area contributed by atoms with Crippen LogP contribution in [-0.2, 0) is 0 Å². The summed E-state index contributed by atoms with van der Waals surface area (Å²) in [6, 6.07) is 5.66. The normalized spacial score (nSPS) is 11.2. The second-order valence-electron chi connectivity index (χ2n) is 4.20. The first-order valence-electron chi connectivity index (χ1n) is 5.55. The maximum Gasteiger partial charge on any atom is 0.158 e.